The fourth-order valence-corrected chi connectivity index (χ4v) is 2.37. The van der Waals surface area contributed by atoms with E-state index in [1.807, 2.05) is 36.6 Å². The smallest absolute Gasteiger partial charge is 0.271 e. The first-order chi connectivity index (χ1) is 10.5. The molecule has 22 heavy (non-hydrogen) atoms. The van der Waals surface area contributed by atoms with E-state index in [-0.39, 0.29) is 17.8 Å². The number of halogens is 1. The summed E-state index contributed by atoms with van der Waals surface area (Å²) in [7, 11) is 0. The number of hydrogen-bond donors (Lipinski definition) is 1. The summed E-state index contributed by atoms with van der Waals surface area (Å²) in [6.45, 7) is 3.80. The van der Waals surface area contributed by atoms with Crippen LogP contribution < -0.4 is 5.32 Å². The molecule has 1 N–H and O–H groups in total. The molecule has 0 aliphatic rings. The lowest BCUT2D eigenvalue weighted by Gasteiger charge is -2.13. The molecule has 1 aromatic carbocycles. The van der Waals surface area contributed by atoms with Gasteiger partial charge in [0.25, 0.3) is 5.91 Å². The molecule has 2 aromatic heterocycles. The number of pyridine rings is 1. The van der Waals surface area contributed by atoms with Gasteiger partial charge in [0.1, 0.15) is 17.2 Å². The molecule has 1 atom stereocenters. The molecule has 5 heteroatoms. The Morgan fingerprint density at radius 3 is 2.68 bits per heavy atom. The van der Waals surface area contributed by atoms with Gasteiger partial charge in [-0.2, -0.15) is 0 Å². The largest absolute Gasteiger partial charge is 0.344 e. The zero-order valence-electron chi connectivity index (χ0n) is 12.4. The van der Waals surface area contributed by atoms with Gasteiger partial charge in [0.2, 0.25) is 0 Å². The number of hydrogen-bond acceptors (Lipinski definition) is 2. The molecule has 1 amide bonds. The predicted octanol–water partition coefficient (Wildman–Crippen LogP) is 3.27. The highest BCUT2D eigenvalue weighted by Gasteiger charge is 2.15. The number of nitrogens with zero attached hydrogens (tertiary/aromatic N) is 2. The highest BCUT2D eigenvalue weighted by molar-refractivity contribution is 5.93. The van der Waals surface area contributed by atoms with Crippen molar-refractivity contribution in [2.45, 2.75) is 19.9 Å². The van der Waals surface area contributed by atoms with Crippen LogP contribution in [0.3, 0.4) is 0 Å². The molecule has 0 unspecified atom stereocenters. The second-order valence-electron chi connectivity index (χ2n) is 5.29. The Labute approximate surface area is 127 Å². The zero-order valence-corrected chi connectivity index (χ0v) is 12.4. The average Bonchev–Trinajstić information content (AvgIpc) is 2.93. The molecule has 0 aliphatic carbocycles. The van der Waals surface area contributed by atoms with Crippen LogP contribution in [0.2, 0.25) is 0 Å². The van der Waals surface area contributed by atoms with Gasteiger partial charge in [-0.25, -0.2) is 9.37 Å². The first kappa shape index (κ1) is 14.3. The van der Waals surface area contributed by atoms with Gasteiger partial charge >= 0.3 is 0 Å². The topological polar surface area (TPSA) is 46.4 Å². The number of aryl methyl sites for hydroxylation is 1. The van der Waals surface area contributed by atoms with E-state index in [9.17, 15) is 9.18 Å². The Balaban J connectivity index is 1.80. The van der Waals surface area contributed by atoms with Gasteiger partial charge in [-0.3, -0.25) is 4.79 Å². The molecular weight excluding hydrogens is 281 g/mol. The monoisotopic (exact) mass is 297 g/mol. The van der Waals surface area contributed by atoms with Crippen molar-refractivity contribution in [2.24, 2.45) is 0 Å². The lowest BCUT2D eigenvalue weighted by Crippen LogP contribution is -2.26. The van der Waals surface area contributed by atoms with Gasteiger partial charge in [0, 0.05) is 12.4 Å². The second-order valence-corrected chi connectivity index (χ2v) is 5.29. The maximum atomic E-state index is 12.9. The number of nitrogens with one attached hydrogen (secondary N) is 1. The Morgan fingerprint density at radius 1 is 1.27 bits per heavy atom. The molecule has 0 saturated heterocycles. The minimum absolute atomic E-state index is 0.223. The van der Waals surface area contributed by atoms with E-state index in [2.05, 4.69) is 10.3 Å². The summed E-state index contributed by atoms with van der Waals surface area (Å²) in [5.74, 6) is -0.543. The summed E-state index contributed by atoms with van der Waals surface area (Å²) < 4.78 is 14.8. The molecule has 3 aromatic rings. The highest BCUT2D eigenvalue weighted by atomic mass is 19.1. The van der Waals surface area contributed by atoms with Gasteiger partial charge in [-0.15, -0.1) is 0 Å². The molecule has 0 spiro atoms. The lowest BCUT2D eigenvalue weighted by molar-refractivity contribution is 0.0935. The number of amides is 1. The van der Waals surface area contributed by atoms with Crippen molar-refractivity contribution in [3.8, 4) is 0 Å². The lowest BCUT2D eigenvalue weighted by atomic mass is 10.1. The fourth-order valence-electron chi connectivity index (χ4n) is 2.37. The van der Waals surface area contributed by atoms with E-state index in [4.69, 9.17) is 0 Å². The first-order valence-corrected chi connectivity index (χ1v) is 7.05. The molecule has 112 valence electrons. The van der Waals surface area contributed by atoms with Crippen LogP contribution in [-0.2, 0) is 0 Å². The van der Waals surface area contributed by atoms with Crippen LogP contribution in [0.15, 0.2) is 48.8 Å². The van der Waals surface area contributed by atoms with Gasteiger partial charge in [0.15, 0.2) is 0 Å². The van der Waals surface area contributed by atoms with E-state index in [0.717, 1.165) is 16.8 Å². The van der Waals surface area contributed by atoms with E-state index in [1.165, 1.54) is 12.1 Å². The van der Waals surface area contributed by atoms with Crippen LogP contribution in [0.25, 0.3) is 5.65 Å². The maximum absolute atomic E-state index is 12.9. The minimum atomic E-state index is -0.293. The Kier molecular flexibility index (Phi) is 3.63. The van der Waals surface area contributed by atoms with E-state index >= 15 is 0 Å². The van der Waals surface area contributed by atoms with Crippen LogP contribution in [-0.4, -0.2) is 15.3 Å². The number of carbonyl (C=O) groups is 1. The SMILES string of the molecule is Cc1cccn2cc(C(=O)N[C@H](C)c3ccc(F)cc3)nc12. The second kappa shape index (κ2) is 5.60. The quantitative estimate of drug-likeness (QED) is 0.806. The highest BCUT2D eigenvalue weighted by Crippen LogP contribution is 2.15. The standard InChI is InChI=1S/C17H16FN3O/c1-11-4-3-9-21-10-15(20-16(11)21)17(22)19-12(2)13-5-7-14(18)8-6-13/h3-10,12H,1-2H3,(H,19,22)/t12-/m1/s1. The van der Waals surface area contributed by atoms with Crippen LogP contribution >= 0.6 is 0 Å². The maximum Gasteiger partial charge on any atom is 0.271 e. The molecule has 0 radical (unpaired) electrons. The Morgan fingerprint density at radius 2 is 2.00 bits per heavy atom. The third kappa shape index (κ3) is 2.70. The van der Waals surface area contributed by atoms with Crippen LogP contribution in [0.1, 0.15) is 34.6 Å². The molecule has 0 fully saturated rings. The zero-order chi connectivity index (χ0) is 15.7. The van der Waals surface area contributed by atoms with Crippen molar-refractivity contribution in [2.75, 3.05) is 0 Å². The van der Waals surface area contributed by atoms with Gasteiger partial charge in [-0.1, -0.05) is 18.2 Å². The number of fused-ring (bicyclic) bond motifs is 1. The number of imidazole rings is 1. The summed E-state index contributed by atoms with van der Waals surface area (Å²) in [5.41, 5.74) is 2.98. The summed E-state index contributed by atoms with van der Waals surface area (Å²) >= 11 is 0. The van der Waals surface area contributed by atoms with Crippen molar-refractivity contribution < 1.29 is 9.18 Å². The van der Waals surface area contributed by atoms with E-state index in [0.29, 0.717) is 5.69 Å². The predicted molar refractivity (Wildman–Crippen MR) is 82.2 cm³/mol. The Hall–Kier alpha value is -2.69. The molecule has 0 saturated carbocycles. The number of aromatic nitrogens is 2. The van der Waals surface area contributed by atoms with Crippen molar-refractivity contribution in [1.29, 1.82) is 0 Å². The van der Waals surface area contributed by atoms with Crippen molar-refractivity contribution >= 4 is 11.6 Å². The number of carbonyl (C=O) groups excluding carboxylic acids is 1. The molecular formula is C17H16FN3O. The average molecular weight is 297 g/mol. The van der Waals surface area contributed by atoms with E-state index in [1.54, 1.807) is 18.3 Å². The third-order valence-corrected chi connectivity index (χ3v) is 3.63. The number of benzene rings is 1. The van der Waals surface area contributed by atoms with Crippen LogP contribution in [0.4, 0.5) is 4.39 Å². The molecule has 0 bridgehead atoms. The summed E-state index contributed by atoms with van der Waals surface area (Å²) in [6, 6.07) is 9.72. The fraction of sp³-hybridized carbons (Fsp3) is 0.176. The first-order valence-electron chi connectivity index (χ1n) is 7.05. The number of rotatable bonds is 3. The summed E-state index contributed by atoms with van der Waals surface area (Å²) in [4.78, 5) is 16.7. The van der Waals surface area contributed by atoms with Crippen molar-refractivity contribution in [1.82, 2.24) is 14.7 Å². The molecule has 2 heterocycles. The normalized spacial score (nSPS) is 12.3. The molecule has 4 nitrogen and oxygen atoms in total. The molecule has 0 aliphatic heterocycles. The third-order valence-electron chi connectivity index (χ3n) is 3.63. The summed E-state index contributed by atoms with van der Waals surface area (Å²) in [6.07, 6.45) is 3.56. The van der Waals surface area contributed by atoms with Crippen LogP contribution in [0, 0.1) is 12.7 Å². The van der Waals surface area contributed by atoms with Gasteiger partial charge < -0.3 is 9.72 Å². The summed E-state index contributed by atoms with van der Waals surface area (Å²) in [5, 5.41) is 2.88. The van der Waals surface area contributed by atoms with Crippen LogP contribution in [0.5, 0.6) is 0 Å². The molecule has 3 rings (SSSR count). The van der Waals surface area contributed by atoms with Crippen molar-refractivity contribution in [3.63, 3.8) is 0 Å². The van der Waals surface area contributed by atoms with Gasteiger partial charge in [-0.05, 0) is 43.2 Å². The van der Waals surface area contributed by atoms with E-state index < -0.39 is 0 Å². The Bertz CT molecular complexity index is 824. The minimum Gasteiger partial charge on any atom is -0.344 e. The van der Waals surface area contributed by atoms with Gasteiger partial charge in [0.05, 0.1) is 6.04 Å². The van der Waals surface area contributed by atoms with Crippen molar-refractivity contribution in [3.05, 3.63) is 71.4 Å².